The molecule has 2 atom stereocenters. The maximum Gasteiger partial charge on any atom is 0.525 e. The van der Waals surface area contributed by atoms with E-state index in [1.165, 1.54) is 0 Å². The molecule has 193 valence electrons. The van der Waals surface area contributed by atoms with E-state index in [0.717, 1.165) is 7.11 Å². The van der Waals surface area contributed by atoms with Crippen molar-refractivity contribution >= 4 is 0 Å². The normalized spacial score (nSPS) is 16.1. The first-order chi connectivity index (χ1) is 12.9. The van der Waals surface area contributed by atoms with Gasteiger partial charge in [0.05, 0.1) is 0 Å². The summed E-state index contributed by atoms with van der Waals surface area (Å²) in [4.78, 5) is 0. The Balaban J connectivity index is -0.00000253. The molecule has 0 bridgehead atoms. The van der Waals surface area contributed by atoms with E-state index in [0.29, 0.717) is 0 Å². The van der Waals surface area contributed by atoms with Gasteiger partial charge in [0, 0.05) is 33.5 Å². The van der Waals surface area contributed by atoms with Crippen LogP contribution in [0.3, 0.4) is 0 Å². The van der Waals surface area contributed by atoms with Crippen LogP contribution in [0.15, 0.2) is 0 Å². The number of hydrogen-bond acceptors (Lipinski definition) is 6. The molecule has 0 rings (SSSR count). The molecular formula is C10H10F14O6Rh. The zero-order valence-corrected chi connectivity index (χ0v) is 15.9. The van der Waals surface area contributed by atoms with Gasteiger partial charge in [0.15, 0.2) is 0 Å². The second-order valence-electron chi connectivity index (χ2n) is 4.60. The van der Waals surface area contributed by atoms with E-state index in [1.54, 1.807) is 0 Å². The van der Waals surface area contributed by atoms with E-state index in [-0.39, 0.29) is 19.5 Å². The van der Waals surface area contributed by atoms with Crippen molar-refractivity contribution in [2.45, 2.75) is 56.5 Å². The molecule has 0 aliphatic carbocycles. The zero-order valence-electron chi connectivity index (χ0n) is 14.3. The van der Waals surface area contributed by atoms with Crippen molar-refractivity contribution in [3.8, 4) is 0 Å². The fourth-order valence-electron chi connectivity index (χ4n) is 1.05. The van der Waals surface area contributed by atoms with Crippen LogP contribution in [-0.4, -0.2) is 66.9 Å². The van der Waals surface area contributed by atoms with E-state index in [4.69, 9.17) is 10.2 Å². The van der Waals surface area contributed by atoms with Crippen molar-refractivity contribution in [2.24, 2.45) is 0 Å². The van der Waals surface area contributed by atoms with Gasteiger partial charge in [0.1, 0.15) is 0 Å². The van der Waals surface area contributed by atoms with Crippen LogP contribution in [-0.2, 0) is 38.4 Å². The van der Waals surface area contributed by atoms with Crippen LogP contribution in [0.2, 0.25) is 0 Å². The van der Waals surface area contributed by atoms with Crippen LogP contribution < -0.4 is 0 Å². The Morgan fingerprint density at radius 1 is 0.548 bits per heavy atom. The Morgan fingerprint density at radius 3 is 1.03 bits per heavy atom. The molecule has 0 aromatic heterocycles. The minimum absolute atomic E-state index is 0. The minimum Gasteiger partial charge on any atom is -0.400 e. The van der Waals surface area contributed by atoms with Crippen LogP contribution in [0.1, 0.15) is 6.92 Å². The van der Waals surface area contributed by atoms with E-state index >= 15 is 0 Å². The maximum atomic E-state index is 13.2. The van der Waals surface area contributed by atoms with Gasteiger partial charge in [-0.2, -0.15) is 26.3 Å². The van der Waals surface area contributed by atoms with Crippen LogP contribution in [0, 0.1) is 0 Å². The van der Waals surface area contributed by atoms with Gasteiger partial charge in [0.25, 0.3) is 12.2 Å². The van der Waals surface area contributed by atoms with Gasteiger partial charge in [-0.05, 0) is 0 Å². The Labute approximate surface area is 174 Å². The van der Waals surface area contributed by atoms with Crippen LogP contribution >= 0.6 is 0 Å². The monoisotopic (exact) mass is 595 g/mol. The second kappa shape index (κ2) is 11.5. The number of hydrogen-bond donors (Lipinski definition) is 2. The molecule has 2 N–H and O–H groups in total. The largest absolute Gasteiger partial charge is 0.525 e. The number of rotatable bonds is 9. The van der Waals surface area contributed by atoms with E-state index < -0.39 is 56.5 Å². The molecule has 0 saturated carbocycles. The van der Waals surface area contributed by atoms with Crippen molar-refractivity contribution in [1.82, 2.24) is 0 Å². The van der Waals surface area contributed by atoms with Gasteiger partial charge in [-0.3, -0.25) is 18.9 Å². The molecule has 0 aliphatic heterocycles. The number of aliphatic hydroxyl groups is 2. The van der Waals surface area contributed by atoms with Gasteiger partial charge >= 0.3 is 31.1 Å². The van der Waals surface area contributed by atoms with Gasteiger partial charge < -0.3 is 10.2 Å². The molecule has 0 fully saturated rings. The molecule has 21 heteroatoms. The molecule has 0 spiro atoms. The average Bonchev–Trinajstić information content (AvgIpc) is 2.42. The third-order valence-electron chi connectivity index (χ3n) is 2.03. The number of ether oxygens (including phenoxy) is 4. The number of alkyl halides is 14. The summed E-state index contributed by atoms with van der Waals surface area (Å²) < 4.78 is 183. The third-order valence-corrected chi connectivity index (χ3v) is 2.03. The Morgan fingerprint density at radius 2 is 0.806 bits per heavy atom. The molecule has 0 aromatic carbocycles. The zero-order chi connectivity index (χ0) is 25.0. The van der Waals surface area contributed by atoms with Gasteiger partial charge in [-0.25, -0.2) is 8.78 Å². The van der Waals surface area contributed by atoms with Crippen LogP contribution in [0.5, 0.6) is 0 Å². The van der Waals surface area contributed by atoms with Gasteiger partial charge in [-0.15, -0.1) is 26.3 Å². The minimum atomic E-state index is -6.78. The van der Waals surface area contributed by atoms with Crippen molar-refractivity contribution in [3.05, 3.63) is 0 Å². The summed E-state index contributed by atoms with van der Waals surface area (Å²) in [6, 6.07) is 0. The van der Waals surface area contributed by atoms with Crippen LogP contribution in [0.4, 0.5) is 61.5 Å². The molecule has 6 nitrogen and oxygen atoms in total. The number of halogens is 14. The van der Waals surface area contributed by atoms with Crippen LogP contribution in [0.25, 0.3) is 0 Å². The quantitative estimate of drug-likeness (QED) is 0.240. The summed E-state index contributed by atoms with van der Waals surface area (Å²) in [6.45, 7) is -0.587. The molecule has 0 saturated heterocycles. The molecule has 2 unspecified atom stereocenters. The van der Waals surface area contributed by atoms with E-state index in [9.17, 15) is 61.5 Å². The summed E-state index contributed by atoms with van der Waals surface area (Å²) in [5.41, 5.74) is 0. The van der Waals surface area contributed by atoms with Gasteiger partial charge in [-0.1, -0.05) is 0 Å². The molecule has 0 amide bonds. The summed E-state index contributed by atoms with van der Waals surface area (Å²) in [7, 11) is 1.00. The molecule has 0 aliphatic rings. The van der Waals surface area contributed by atoms with Crippen molar-refractivity contribution in [2.75, 3.05) is 7.11 Å². The topological polar surface area (TPSA) is 77.4 Å². The molecule has 0 heterocycles. The van der Waals surface area contributed by atoms with Crippen molar-refractivity contribution in [1.29, 1.82) is 0 Å². The predicted octanol–water partition coefficient (Wildman–Crippen LogP) is 3.78. The first-order valence-corrected chi connectivity index (χ1v) is 6.40. The standard InChI is InChI=1S/C9H6F14O5.CH4O.Rh/c1-4(10,11)2(27-8(18,19)20)25-6(14,15)7(16,17)26-3(5(12,13)24)28-9(21,22)23;1-2;/h2-3,24H,1H3;2H,1H3;. The summed E-state index contributed by atoms with van der Waals surface area (Å²) >= 11 is 0. The molecule has 31 heavy (non-hydrogen) atoms. The van der Waals surface area contributed by atoms with Crippen molar-refractivity contribution < 1.29 is 110 Å². The summed E-state index contributed by atoms with van der Waals surface area (Å²) in [5.74, 6) is -5.09. The third kappa shape index (κ3) is 13.5. The molecule has 0 aromatic rings. The average molecular weight is 595 g/mol. The summed E-state index contributed by atoms with van der Waals surface area (Å²) in [5, 5.41) is 14.9. The fraction of sp³-hybridized carbons (Fsp3) is 1.00. The SMILES string of the molecule is CC(F)(F)C(OC(F)(F)F)OC(F)(F)C(F)(F)OC(OC(F)(F)F)C(O)(F)F.CO.[Rh]. The number of aliphatic hydroxyl groups excluding tert-OH is 1. The van der Waals surface area contributed by atoms with Crippen molar-refractivity contribution in [3.63, 3.8) is 0 Å². The van der Waals surface area contributed by atoms with E-state index in [1.807, 2.05) is 0 Å². The summed E-state index contributed by atoms with van der Waals surface area (Å²) in [6.07, 6.45) is -41.5. The second-order valence-corrected chi connectivity index (χ2v) is 4.60. The molecular weight excluding hydrogens is 585 g/mol. The van der Waals surface area contributed by atoms with Gasteiger partial charge in [0.2, 0.25) is 6.29 Å². The predicted molar refractivity (Wildman–Crippen MR) is 59.8 cm³/mol. The first-order valence-electron chi connectivity index (χ1n) is 6.40. The van der Waals surface area contributed by atoms with E-state index in [2.05, 4.69) is 18.9 Å². The maximum absolute atomic E-state index is 13.2. The molecule has 1 radical (unpaired) electrons. The fourth-order valence-corrected chi connectivity index (χ4v) is 1.05. The Kier molecular flexibility index (Phi) is 13.0. The Hall–Kier alpha value is -0.597. The Bertz CT molecular complexity index is 468. The first kappa shape index (κ1) is 35.0. The smallest absolute Gasteiger partial charge is 0.400 e.